The zero-order valence-corrected chi connectivity index (χ0v) is 8.72. The molecule has 4 heteroatoms. The molecule has 0 spiro atoms. The monoisotopic (exact) mass is 188 g/mol. The number of ether oxygens (including phenoxy) is 1. The van der Waals surface area contributed by atoms with Gasteiger partial charge in [0.1, 0.15) is 0 Å². The summed E-state index contributed by atoms with van der Waals surface area (Å²) in [5, 5.41) is 5.77. The van der Waals surface area contributed by atoms with E-state index < -0.39 is 0 Å². The molecule has 78 valence electrons. The van der Waals surface area contributed by atoms with Gasteiger partial charge >= 0.3 is 0 Å². The average Bonchev–Trinajstić information content (AvgIpc) is 2.14. The van der Waals surface area contributed by atoms with Crippen molar-refractivity contribution >= 4 is 5.91 Å². The van der Waals surface area contributed by atoms with Crippen LogP contribution < -0.4 is 10.6 Å². The SMILES string of the molecule is CNCCNC(=O)CCC(C)OC. The highest BCUT2D eigenvalue weighted by molar-refractivity contribution is 5.75. The molecule has 0 aromatic heterocycles. The van der Waals surface area contributed by atoms with Gasteiger partial charge in [-0.2, -0.15) is 0 Å². The average molecular weight is 188 g/mol. The first kappa shape index (κ1) is 12.4. The van der Waals surface area contributed by atoms with Gasteiger partial charge in [0.2, 0.25) is 5.91 Å². The molecule has 0 rings (SSSR count). The van der Waals surface area contributed by atoms with Gasteiger partial charge in [-0.05, 0) is 20.4 Å². The van der Waals surface area contributed by atoms with E-state index in [4.69, 9.17) is 4.74 Å². The first-order valence-corrected chi connectivity index (χ1v) is 4.64. The summed E-state index contributed by atoms with van der Waals surface area (Å²) in [5.74, 6) is 0.0964. The van der Waals surface area contributed by atoms with Gasteiger partial charge in [-0.1, -0.05) is 0 Å². The van der Waals surface area contributed by atoms with E-state index in [1.807, 2.05) is 14.0 Å². The van der Waals surface area contributed by atoms with Gasteiger partial charge in [0.15, 0.2) is 0 Å². The molecule has 1 amide bonds. The Kier molecular flexibility index (Phi) is 7.63. The Balaban J connectivity index is 3.30. The number of carbonyl (C=O) groups is 1. The number of hydrogen-bond donors (Lipinski definition) is 2. The van der Waals surface area contributed by atoms with Crippen LogP contribution in [-0.4, -0.2) is 39.3 Å². The Morgan fingerprint density at radius 1 is 1.46 bits per heavy atom. The summed E-state index contributed by atoms with van der Waals surface area (Å²) in [6.45, 7) is 3.46. The highest BCUT2D eigenvalue weighted by atomic mass is 16.5. The Labute approximate surface area is 80.0 Å². The fourth-order valence-electron chi connectivity index (χ4n) is 0.868. The summed E-state index contributed by atoms with van der Waals surface area (Å²) in [6.07, 6.45) is 1.48. The number of rotatable bonds is 7. The van der Waals surface area contributed by atoms with Crippen molar-refractivity contribution in [2.75, 3.05) is 27.2 Å². The maximum absolute atomic E-state index is 11.1. The molecule has 0 aliphatic heterocycles. The molecular weight excluding hydrogens is 168 g/mol. The van der Waals surface area contributed by atoms with Crippen LogP contribution in [-0.2, 0) is 9.53 Å². The highest BCUT2D eigenvalue weighted by Crippen LogP contribution is 1.98. The minimum atomic E-state index is 0.0964. The van der Waals surface area contributed by atoms with Crippen molar-refractivity contribution in [3.8, 4) is 0 Å². The fraction of sp³-hybridized carbons (Fsp3) is 0.889. The molecule has 4 nitrogen and oxygen atoms in total. The summed E-state index contributed by atoms with van der Waals surface area (Å²) in [4.78, 5) is 11.1. The van der Waals surface area contributed by atoms with Gasteiger partial charge < -0.3 is 15.4 Å². The lowest BCUT2D eigenvalue weighted by Crippen LogP contribution is -2.30. The van der Waals surface area contributed by atoms with Crippen LogP contribution in [0.2, 0.25) is 0 Å². The Bertz CT molecular complexity index is 140. The van der Waals surface area contributed by atoms with Crippen molar-refractivity contribution in [1.29, 1.82) is 0 Å². The number of nitrogens with one attached hydrogen (secondary N) is 2. The van der Waals surface area contributed by atoms with Gasteiger partial charge in [0, 0.05) is 26.6 Å². The van der Waals surface area contributed by atoms with Crippen LogP contribution in [0.25, 0.3) is 0 Å². The van der Waals surface area contributed by atoms with Crippen molar-refractivity contribution in [2.45, 2.75) is 25.9 Å². The van der Waals surface area contributed by atoms with E-state index in [0.717, 1.165) is 13.0 Å². The smallest absolute Gasteiger partial charge is 0.220 e. The third-order valence-electron chi connectivity index (χ3n) is 1.88. The van der Waals surface area contributed by atoms with Gasteiger partial charge in [0.05, 0.1) is 6.10 Å². The molecule has 0 aliphatic carbocycles. The van der Waals surface area contributed by atoms with E-state index in [-0.39, 0.29) is 12.0 Å². The number of likely N-dealkylation sites (N-methyl/N-ethyl adjacent to an activating group) is 1. The van der Waals surface area contributed by atoms with Crippen LogP contribution in [0.1, 0.15) is 19.8 Å². The van der Waals surface area contributed by atoms with Crippen LogP contribution in [0.3, 0.4) is 0 Å². The van der Waals surface area contributed by atoms with E-state index in [9.17, 15) is 4.79 Å². The minimum absolute atomic E-state index is 0.0964. The summed E-state index contributed by atoms with van der Waals surface area (Å²) in [6, 6.07) is 0. The van der Waals surface area contributed by atoms with E-state index in [0.29, 0.717) is 13.0 Å². The highest BCUT2D eigenvalue weighted by Gasteiger charge is 2.04. The molecular formula is C9H20N2O2. The molecule has 0 saturated heterocycles. The Hall–Kier alpha value is -0.610. The molecule has 13 heavy (non-hydrogen) atoms. The first-order valence-electron chi connectivity index (χ1n) is 4.64. The lowest BCUT2D eigenvalue weighted by Gasteiger charge is -2.08. The van der Waals surface area contributed by atoms with Crippen molar-refractivity contribution in [2.24, 2.45) is 0 Å². The second kappa shape index (κ2) is 8.01. The summed E-state index contributed by atoms with van der Waals surface area (Å²) in [5.41, 5.74) is 0. The Morgan fingerprint density at radius 3 is 2.69 bits per heavy atom. The van der Waals surface area contributed by atoms with Gasteiger partial charge in [-0.3, -0.25) is 4.79 Å². The predicted octanol–water partition coefficient (Wildman–Crippen LogP) is 0.137. The number of methoxy groups -OCH3 is 1. The zero-order valence-electron chi connectivity index (χ0n) is 8.72. The number of hydrogen-bond acceptors (Lipinski definition) is 3. The summed E-state index contributed by atoms with van der Waals surface area (Å²) < 4.78 is 5.03. The molecule has 0 heterocycles. The van der Waals surface area contributed by atoms with Gasteiger partial charge in [0.25, 0.3) is 0 Å². The van der Waals surface area contributed by atoms with Crippen molar-refractivity contribution in [3.05, 3.63) is 0 Å². The number of amides is 1. The molecule has 0 aromatic carbocycles. The third kappa shape index (κ3) is 7.74. The minimum Gasteiger partial charge on any atom is -0.382 e. The molecule has 0 radical (unpaired) electrons. The molecule has 0 aromatic rings. The lowest BCUT2D eigenvalue weighted by molar-refractivity contribution is -0.121. The van der Waals surface area contributed by atoms with Crippen LogP contribution in [0, 0.1) is 0 Å². The van der Waals surface area contributed by atoms with Crippen LogP contribution in [0.15, 0.2) is 0 Å². The lowest BCUT2D eigenvalue weighted by atomic mass is 10.2. The molecule has 1 unspecified atom stereocenters. The van der Waals surface area contributed by atoms with Crippen molar-refractivity contribution in [3.63, 3.8) is 0 Å². The third-order valence-corrected chi connectivity index (χ3v) is 1.88. The number of carbonyl (C=O) groups excluding carboxylic acids is 1. The fourth-order valence-corrected chi connectivity index (χ4v) is 0.868. The molecule has 2 N–H and O–H groups in total. The van der Waals surface area contributed by atoms with E-state index in [1.54, 1.807) is 7.11 Å². The van der Waals surface area contributed by atoms with Gasteiger partial charge in [-0.15, -0.1) is 0 Å². The standard InChI is InChI=1S/C9H20N2O2/c1-8(13-3)4-5-9(12)11-7-6-10-2/h8,10H,4-7H2,1-3H3,(H,11,12). The van der Waals surface area contributed by atoms with Crippen LogP contribution in [0.4, 0.5) is 0 Å². The summed E-state index contributed by atoms with van der Waals surface area (Å²) in [7, 11) is 3.52. The second-order valence-electron chi connectivity index (χ2n) is 3.04. The molecule has 0 saturated carbocycles. The van der Waals surface area contributed by atoms with E-state index in [1.165, 1.54) is 0 Å². The second-order valence-corrected chi connectivity index (χ2v) is 3.04. The zero-order chi connectivity index (χ0) is 10.1. The summed E-state index contributed by atoms with van der Waals surface area (Å²) >= 11 is 0. The molecule has 1 atom stereocenters. The van der Waals surface area contributed by atoms with E-state index >= 15 is 0 Å². The van der Waals surface area contributed by atoms with Crippen LogP contribution in [0.5, 0.6) is 0 Å². The van der Waals surface area contributed by atoms with Crippen LogP contribution >= 0.6 is 0 Å². The predicted molar refractivity (Wildman–Crippen MR) is 52.6 cm³/mol. The van der Waals surface area contributed by atoms with Crippen molar-refractivity contribution < 1.29 is 9.53 Å². The quantitative estimate of drug-likeness (QED) is 0.559. The maximum atomic E-state index is 11.1. The van der Waals surface area contributed by atoms with E-state index in [2.05, 4.69) is 10.6 Å². The Morgan fingerprint density at radius 2 is 2.15 bits per heavy atom. The maximum Gasteiger partial charge on any atom is 0.220 e. The largest absolute Gasteiger partial charge is 0.382 e. The molecule has 0 aliphatic rings. The molecule has 0 bridgehead atoms. The van der Waals surface area contributed by atoms with Gasteiger partial charge in [-0.25, -0.2) is 0 Å². The topological polar surface area (TPSA) is 50.4 Å². The first-order chi connectivity index (χ1) is 6.20. The molecule has 0 fully saturated rings. The van der Waals surface area contributed by atoms with Crippen molar-refractivity contribution in [1.82, 2.24) is 10.6 Å². The normalized spacial score (nSPS) is 12.5.